The number of alkyl carbamates (subject to hydrolysis) is 1. The Balaban J connectivity index is 1.67. The summed E-state index contributed by atoms with van der Waals surface area (Å²) >= 11 is 5.78. The lowest BCUT2D eigenvalue weighted by Gasteiger charge is -2.36. The maximum absolute atomic E-state index is 11.6. The van der Waals surface area contributed by atoms with Crippen LogP contribution in [0.15, 0.2) is 0 Å². The van der Waals surface area contributed by atoms with E-state index in [1.54, 1.807) is 6.92 Å². The molecule has 22 heavy (non-hydrogen) atoms. The smallest absolute Gasteiger partial charge is 0.407 e. The van der Waals surface area contributed by atoms with Gasteiger partial charge in [-0.05, 0) is 46.5 Å². The Bertz CT molecular complexity index is 541. The summed E-state index contributed by atoms with van der Waals surface area (Å²) in [7, 11) is 0. The van der Waals surface area contributed by atoms with Crippen LogP contribution in [0.25, 0.3) is 0 Å². The van der Waals surface area contributed by atoms with Crippen LogP contribution < -0.4 is 10.6 Å². The van der Waals surface area contributed by atoms with Gasteiger partial charge in [0, 0.05) is 12.6 Å². The summed E-state index contributed by atoms with van der Waals surface area (Å²) in [4.78, 5) is 15.8. The van der Waals surface area contributed by atoms with Gasteiger partial charge in [0.2, 0.25) is 5.95 Å². The van der Waals surface area contributed by atoms with Crippen LogP contribution in [-0.2, 0) is 4.74 Å². The highest BCUT2D eigenvalue weighted by molar-refractivity contribution is 6.29. The first-order chi connectivity index (χ1) is 10.2. The van der Waals surface area contributed by atoms with Gasteiger partial charge < -0.3 is 15.4 Å². The summed E-state index contributed by atoms with van der Waals surface area (Å²) < 4.78 is 5.23. The first kappa shape index (κ1) is 16.7. The van der Waals surface area contributed by atoms with Gasteiger partial charge in [0.25, 0.3) is 0 Å². The molecule has 0 radical (unpaired) electrons. The van der Waals surface area contributed by atoms with Gasteiger partial charge in [-0.15, -0.1) is 10.2 Å². The zero-order valence-electron chi connectivity index (χ0n) is 13.3. The van der Waals surface area contributed by atoms with Crippen LogP contribution in [-0.4, -0.2) is 39.5 Å². The molecule has 1 aliphatic carbocycles. The number of hydrogen-bond donors (Lipinski definition) is 2. The molecule has 0 aliphatic heterocycles. The number of anilines is 1. The highest BCUT2D eigenvalue weighted by Crippen LogP contribution is 2.27. The van der Waals surface area contributed by atoms with E-state index in [1.165, 1.54) is 0 Å². The minimum Gasteiger partial charge on any atom is -0.444 e. The summed E-state index contributed by atoms with van der Waals surface area (Å²) in [5.74, 6) is 0.949. The number of halogens is 1. The minimum absolute atomic E-state index is 0.174. The number of nitrogens with zero attached hydrogens (tertiary/aromatic N) is 3. The largest absolute Gasteiger partial charge is 0.444 e. The molecular formula is C14H22ClN5O2. The van der Waals surface area contributed by atoms with Gasteiger partial charge in [0.05, 0.1) is 5.69 Å². The van der Waals surface area contributed by atoms with Crippen LogP contribution in [0.1, 0.15) is 39.3 Å². The molecule has 1 aromatic heterocycles. The molecule has 0 aromatic carbocycles. The van der Waals surface area contributed by atoms with E-state index in [-0.39, 0.29) is 12.1 Å². The van der Waals surface area contributed by atoms with E-state index >= 15 is 0 Å². The van der Waals surface area contributed by atoms with Crippen molar-refractivity contribution in [2.24, 2.45) is 5.92 Å². The third kappa shape index (κ3) is 4.98. The maximum atomic E-state index is 11.6. The average molecular weight is 328 g/mol. The van der Waals surface area contributed by atoms with Gasteiger partial charge in [-0.2, -0.15) is 0 Å². The molecular weight excluding hydrogens is 306 g/mol. The standard InChI is InChI=1S/C14H22ClN5O2/c1-8-11(15)19-20-12(17-8)16-7-9-5-10(6-9)18-13(21)22-14(2,3)4/h9-10H,5-7H2,1-4H3,(H,18,21)(H,16,17,20). The molecule has 1 amide bonds. The second-order valence-electron chi connectivity index (χ2n) is 6.57. The molecule has 7 nitrogen and oxygen atoms in total. The number of ether oxygens (including phenoxy) is 1. The number of rotatable bonds is 4. The van der Waals surface area contributed by atoms with Crippen LogP contribution in [0.4, 0.5) is 10.7 Å². The zero-order valence-corrected chi connectivity index (χ0v) is 14.1. The molecule has 0 saturated heterocycles. The van der Waals surface area contributed by atoms with Crippen LogP contribution in [0, 0.1) is 12.8 Å². The van der Waals surface area contributed by atoms with E-state index in [2.05, 4.69) is 25.8 Å². The first-order valence-corrected chi connectivity index (χ1v) is 7.71. The fourth-order valence-electron chi connectivity index (χ4n) is 2.20. The van der Waals surface area contributed by atoms with E-state index in [4.69, 9.17) is 16.3 Å². The number of carbonyl (C=O) groups excluding carboxylic acids is 1. The fraction of sp³-hybridized carbons (Fsp3) is 0.714. The highest BCUT2D eigenvalue weighted by Gasteiger charge is 2.31. The molecule has 2 rings (SSSR count). The summed E-state index contributed by atoms with van der Waals surface area (Å²) in [6, 6.07) is 0.174. The minimum atomic E-state index is -0.467. The summed E-state index contributed by atoms with van der Waals surface area (Å²) in [6.07, 6.45) is 1.46. The zero-order chi connectivity index (χ0) is 16.3. The quantitative estimate of drug-likeness (QED) is 0.883. The molecule has 1 heterocycles. The van der Waals surface area contributed by atoms with Crippen LogP contribution in [0.2, 0.25) is 5.15 Å². The molecule has 0 bridgehead atoms. The van der Waals surface area contributed by atoms with E-state index in [9.17, 15) is 4.79 Å². The van der Waals surface area contributed by atoms with Gasteiger partial charge >= 0.3 is 6.09 Å². The lowest BCUT2D eigenvalue weighted by atomic mass is 9.80. The monoisotopic (exact) mass is 327 g/mol. The van der Waals surface area contributed by atoms with Crippen molar-refractivity contribution in [3.8, 4) is 0 Å². The van der Waals surface area contributed by atoms with E-state index in [0.717, 1.165) is 19.4 Å². The number of nitrogens with one attached hydrogen (secondary N) is 2. The highest BCUT2D eigenvalue weighted by atomic mass is 35.5. The van der Waals surface area contributed by atoms with Crippen molar-refractivity contribution in [2.45, 2.75) is 52.2 Å². The number of aryl methyl sites for hydroxylation is 1. The maximum Gasteiger partial charge on any atom is 0.407 e. The van der Waals surface area contributed by atoms with Gasteiger partial charge in [-0.1, -0.05) is 11.6 Å². The third-order valence-corrected chi connectivity index (χ3v) is 3.66. The van der Waals surface area contributed by atoms with Gasteiger partial charge in [-0.3, -0.25) is 0 Å². The topological polar surface area (TPSA) is 89.0 Å². The fourth-order valence-corrected chi connectivity index (χ4v) is 2.28. The first-order valence-electron chi connectivity index (χ1n) is 7.33. The second-order valence-corrected chi connectivity index (χ2v) is 6.93. The Morgan fingerprint density at radius 1 is 1.36 bits per heavy atom. The molecule has 2 N–H and O–H groups in total. The predicted octanol–water partition coefficient (Wildman–Crippen LogP) is 2.55. The molecule has 122 valence electrons. The average Bonchev–Trinajstić information content (AvgIpc) is 2.33. The van der Waals surface area contributed by atoms with Crippen molar-refractivity contribution in [1.29, 1.82) is 0 Å². The summed E-state index contributed by atoms with van der Waals surface area (Å²) in [6.45, 7) is 8.08. The Hall–Kier alpha value is -1.63. The predicted molar refractivity (Wildman–Crippen MR) is 83.9 cm³/mol. The summed E-state index contributed by atoms with van der Waals surface area (Å²) in [5.41, 5.74) is 0.184. The van der Waals surface area contributed by atoms with Crippen LogP contribution in [0.5, 0.6) is 0 Å². The van der Waals surface area contributed by atoms with Gasteiger partial charge in [0.1, 0.15) is 5.60 Å². The molecule has 0 atom stereocenters. The molecule has 8 heteroatoms. The Morgan fingerprint density at radius 3 is 2.64 bits per heavy atom. The van der Waals surface area contributed by atoms with E-state index < -0.39 is 5.60 Å². The summed E-state index contributed by atoms with van der Waals surface area (Å²) in [5, 5.41) is 14.0. The van der Waals surface area contributed by atoms with Crippen molar-refractivity contribution < 1.29 is 9.53 Å². The SMILES string of the molecule is Cc1nc(NCC2CC(NC(=O)OC(C)(C)C)C2)nnc1Cl. The van der Waals surface area contributed by atoms with E-state index in [0.29, 0.717) is 22.7 Å². The van der Waals surface area contributed by atoms with Crippen molar-refractivity contribution in [1.82, 2.24) is 20.5 Å². The normalized spacial score (nSPS) is 21.0. The Morgan fingerprint density at radius 2 is 2.05 bits per heavy atom. The van der Waals surface area contributed by atoms with Gasteiger partial charge in [0.15, 0.2) is 5.15 Å². The molecule has 1 fully saturated rings. The van der Waals surface area contributed by atoms with Crippen molar-refractivity contribution in [3.63, 3.8) is 0 Å². The van der Waals surface area contributed by atoms with Crippen molar-refractivity contribution >= 4 is 23.6 Å². The molecule has 1 aromatic rings. The Labute approximate surface area is 135 Å². The number of amides is 1. The number of hydrogen-bond acceptors (Lipinski definition) is 6. The number of aromatic nitrogens is 3. The van der Waals surface area contributed by atoms with Crippen molar-refractivity contribution in [3.05, 3.63) is 10.8 Å². The lowest BCUT2D eigenvalue weighted by molar-refractivity contribution is 0.0456. The molecule has 1 saturated carbocycles. The molecule has 0 unspecified atom stereocenters. The van der Waals surface area contributed by atoms with E-state index in [1.807, 2.05) is 20.8 Å². The van der Waals surface area contributed by atoms with Crippen LogP contribution in [0.3, 0.4) is 0 Å². The van der Waals surface area contributed by atoms with Gasteiger partial charge in [-0.25, -0.2) is 9.78 Å². The second kappa shape index (κ2) is 6.64. The van der Waals surface area contributed by atoms with Crippen molar-refractivity contribution in [2.75, 3.05) is 11.9 Å². The number of carbonyl (C=O) groups is 1. The Kier molecular flexibility index (Phi) is 5.05. The lowest BCUT2D eigenvalue weighted by Crippen LogP contribution is -2.47. The van der Waals surface area contributed by atoms with Crippen LogP contribution >= 0.6 is 11.6 Å². The third-order valence-electron chi connectivity index (χ3n) is 3.31. The molecule has 1 aliphatic rings. The molecule has 0 spiro atoms.